The number of carbonyl (C=O) groups excluding carboxylic acids is 1. The molecule has 20 heavy (non-hydrogen) atoms. The zero-order chi connectivity index (χ0) is 14.4. The van der Waals surface area contributed by atoms with E-state index in [2.05, 4.69) is 10.6 Å². The molecule has 1 aliphatic rings. The average Bonchev–Trinajstić information content (AvgIpc) is 2.48. The lowest BCUT2D eigenvalue weighted by Crippen LogP contribution is -2.30. The molecule has 2 rings (SSSR count). The molecule has 2 heterocycles. The van der Waals surface area contributed by atoms with Gasteiger partial charge in [-0.3, -0.25) is 9.59 Å². The Morgan fingerprint density at radius 1 is 1.50 bits per heavy atom. The molecule has 1 fully saturated rings. The number of nitrogens with zero attached hydrogens (tertiary/aromatic N) is 1. The fourth-order valence-corrected chi connectivity index (χ4v) is 2.58. The van der Waals surface area contributed by atoms with Crippen molar-refractivity contribution in [2.75, 3.05) is 18.4 Å². The van der Waals surface area contributed by atoms with Crippen molar-refractivity contribution in [2.45, 2.75) is 39.2 Å². The van der Waals surface area contributed by atoms with E-state index in [0.29, 0.717) is 24.6 Å². The minimum Gasteiger partial charge on any atom is -0.325 e. The number of aromatic nitrogens is 1. The van der Waals surface area contributed by atoms with Gasteiger partial charge < -0.3 is 15.2 Å². The summed E-state index contributed by atoms with van der Waals surface area (Å²) >= 11 is 0. The molecule has 1 aromatic heterocycles. The van der Waals surface area contributed by atoms with Gasteiger partial charge in [-0.05, 0) is 51.3 Å². The number of rotatable bonds is 5. The van der Waals surface area contributed by atoms with Gasteiger partial charge in [0.05, 0.1) is 5.69 Å². The predicted molar refractivity (Wildman–Crippen MR) is 79.8 cm³/mol. The van der Waals surface area contributed by atoms with Crippen LogP contribution in [0.1, 0.15) is 32.6 Å². The quantitative estimate of drug-likeness (QED) is 0.859. The molecule has 0 aromatic carbocycles. The predicted octanol–water partition coefficient (Wildman–Crippen LogP) is 1.59. The van der Waals surface area contributed by atoms with Gasteiger partial charge in [0, 0.05) is 25.2 Å². The molecule has 0 aliphatic carbocycles. The van der Waals surface area contributed by atoms with E-state index in [4.69, 9.17) is 0 Å². The first kappa shape index (κ1) is 14.8. The average molecular weight is 277 g/mol. The van der Waals surface area contributed by atoms with E-state index in [-0.39, 0.29) is 11.5 Å². The molecule has 1 atom stereocenters. The van der Waals surface area contributed by atoms with Gasteiger partial charge in [0.2, 0.25) is 5.91 Å². The maximum Gasteiger partial charge on any atom is 0.250 e. The van der Waals surface area contributed by atoms with Crippen LogP contribution in [0.15, 0.2) is 23.1 Å². The number of aryl methyl sites for hydroxylation is 1. The van der Waals surface area contributed by atoms with Crippen molar-refractivity contribution in [2.24, 2.45) is 5.92 Å². The van der Waals surface area contributed by atoms with E-state index in [0.717, 1.165) is 19.5 Å². The van der Waals surface area contributed by atoms with Gasteiger partial charge in [-0.1, -0.05) is 0 Å². The molecule has 1 saturated heterocycles. The third-order valence-electron chi connectivity index (χ3n) is 3.79. The van der Waals surface area contributed by atoms with Crippen molar-refractivity contribution in [3.8, 4) is 0 Å². The highest BCUT2D eigenvalue weighted by molar-refractivity contribution is 5.90. The third kappa shape index (κ3) is 4.20. The number of nitrogens with one attached hydrogen (secondary N) is 2. The molecule has 0 saturated carbocycles. The minimum atomic E-state index is -0.0428. The van der Waals surface area contributed by atoms with Gasteiger partial charge in [-0.25, -0.2) is 0 Å². The fourth-order valence-electron chi connectivity index (χ4n) is 2.58. The maximum absolute atomic E-state index is 11.9. The Morgan fingerprint density at radius 2 is 2.35 bits per heavy atom. The van der Waals surface area contributed by atoms with Gasteiger partial charge >= 0.3 is 0 Å². The smallest absolute Gasteiger partial charge is 0.250 e. The van der Waals surface area contributed by atoms with Crippen molar-refractivity contribution in [3.63, 3.8) is 0 Å². The number of hydrogen-bond donors (Lipinski definition) is 2. The minimum absolute atomic E-state index is 0.0249. The summed E-state index contributed by atoms with van der Waals surface area (Å²) < 4.78 is 1.58. The summed E-state index contributed by atoms with van der Waals surface area (Å²) in [6.45, 7) is 4.63. The van der Waals surface area contributed by atoms with Crippen LogP contribution in [0, 0.1) is 5.92 Å². The molecule has 1 amide bonds. The number of carbonyl (C=O) groups is 1. The van der Waals surface area contributed by atoms with Crippen molar-refractivity contribution in [1.82, 2.24) is 9.88 Å². The first-order chi connectivity index (χ1) is 9.69. The lowest BCUT2D eigenvalue weighted by atomic mass is 9.94. The van der Waals surface area contributed by atoms with E-state index in [1.165, 1.54) is 18.9 Å². The van der Waals surface area contributed by atoms with E-state index in [1.807, 2.05) is 6.92 Å². The van der Waals surface area contributed by atoms with Crippen LogP contribution in [0.2, 0.25) is 0 Å². The van der Waals surface area contributed by atoms with Gasteiger partial charge in [0.25, 0.3) is 5.56 Å². The lowest BCUT2D eigenvalue weighted by Gasteiger charge is -2.22. The number of anilines is 1. The van der Waals surface area contributed by atoms with Crippen molar-refractivity contribution < 1.29 is 4.79 Å². The molecule has 0 bridgehead atoms. The van der Waals surface area contributed by atoms with Gasteiger partial charge in [0.1, 0.15) is 0 Å². The summed E-state index contributed by atoms with van der Waals surface area (Å²) in [7, 11) is 0. The Balaban J connectivity index is 1.83. The summed E-state index contributed by atoms with van der Waals surface area (Å²) in [6, 6.07) is 3.15. The van der Waals surface area contributed by atoms with Crippen molar-refractivity contribution in [1.29, 1.82) is 0 Å². The zero-order valence-electron chi connectivity index (χ0n) is 12.0. The lowest BCUT2D eigenvalue weighted by molar-refractivity contribution is -0.116. The number of pyridine rings is 1. The number of amides is 1. The van der Waals surface area contributed by atoms with Crippen LogP contribution in [-0.4, -0.2) is 23.6 Å². The molecule has 5 nitrogen and oxygen atoms in total. The Bertz CT molecular complexity index is 504. The largest absolute Gasteiger partial charge is 0.325 e. The fraction of sp³-hybridized carbons (Fsp3) is 0.600. The Kier molecular flexibility index (Phi) is 5.35. The molecular formula is C15H23N3O2. The molecule has 1 aromatic rings. The van der Waals surface area contributed by atoms with Crippen LogP contribution >= 0.6 is 0 Å². The molecule has 0 radical (unpaired) electrons. The molecule has 110 valence electrons. The zero-order valence-corrected chi connectivity index (χ0v) is 12.0. The molecule has 1 unspecified atom stereocenters. The molecule has 5 heteroatoms. The standard InChI is InChI=1S/C15H23N3O2/c1-2-18-11-13(6-8-15(18)20)17-14(19)7-5-12-4-3-9-16-10-12/h6,8,11-12,16H,2-5,7,9-10H2,1H3,(H,17,19). The Hall–Kier alpha value is -1.62. The summed E-state index contributed by atoms with van der Waals surface area (Å²) in [5.74, 6) is 0.635. The Labute approximate surface area is 119 Å². The number of piperidine rings is 1. The van der Waals surface area contributed by atoms with Crippen LogP contribution in [0.3, 0.4) is 0 Å². The normalized spacial score (nSPS) is 18.8. The van der Waals surface area contributed by atoms with Crippen LogP contribution in [0.4, 0.5) is 5.69 Å². The molecular weight excluding hydrogens is 254 g/mol. The summed E-state index contributed by atoms with van der Waals surface area (Å²) in [5, 5.41) is 6.22. The molecule has 2 N–H and O–H groups in total. The molecule has 1 aliphatic heterocycles. The van der Waals surface area contributed by atoms with Crippen LogP contribution < -0.4 is 16.2 Å². The van der Waals surface area contributed by atoms with Crippen LogP contribution in [0.25, 0.3) is 0 Å². The SMILES string of the molecule is CCn1cc(NC(=O)CCC2CCCNC2)ccc1=O. The topological polar surface area (TPSA) is 63.1 Å². The number of hydrogen-bond acceptors (Lipinski definition) is 3. The van der Waals surface area contributed by atoms with Crippen LogP contribution in [-0.2, 0) is 11.3 Å². The second-order valence-corrected chi connectivity index (χ2v) is 5.34. The highest BCUT2D eigenvalue weighted by Gasteiger charge is 2.14. The van der Waals surface area contributed by atoms with Gasteiger partial charge in [-0.2, -0.15) is 0 Å². The highest BCUT2D eigenvalue weighted by Crippen LogP contribution is 2.16. The third-order valence-corrected chi connectivity index (χ3v) is 3.79. The second kappa shape index (κ2) is 7.24. The monoisotopic (exact) mass is 277 g/mol. The molecule has 0 spiro atoms. The van der Waals surface area contributed by atoms with E-state index >= 15 is 0 Å². The van der Waals surface area contributed by atoms with E-state index in [9.17, 15) is 9.59 Å². The van der Waals surface area contributed by atoms with Gasteiger partial charge in [-0.15, -0.1) is 0 Å². The van der Waals surface area contributed by atoms with Crippen molar-refractivity contribution in [3.05, 3.63) is 28.7 Å². The highest BCUT2D eigenvalue weighted by atomic mass is 16.1. The van der Waals surface area contributed by atoms with E-state index < -0.39 is 0 Å². The van der Waals surface area contributed by atoms with Gasteiger partial charge in [0.15, 0.2) is 0 Å². The van der Waals surface area contributed by atoms with E-state index in [1.54, 1.807) is 16.8 Å². The summed E-state index contributed by atoms with van der Waals surface area (Å²) in [5.41, 5.74) is 0.650. The first-order valence-electron chi connectivity index (χ1n) is 7.40. The van der Waals surface area contributed by atoms with Crippen LogP contribution in [0.5, 0.6) is 0 Å². The van der Waals surface area contributed by atoms with Crippen molar-refractivity contribution >= 4 is 11.6 Å². The second-order valence-electron chi connectivity index (χ2n) is 5.34. The summed E-state index contributed by atoms with van der Waals surface area (Å²) in [6.07, 6.45) is 5.57. The first-order valence-corrected chi connectivity index (χ1v) is 7.40. The summed E-state index contributed by atoms with van der Waals surface area (Å²) in [4.78, 5) is 23.4. The maximum atomic E-state index is 11.9. The Morgan fingerprint density at radius 3 is 3.05 bits per heavy atom.